The van der Waals surface area contributed by atoms with Gasteiger partial charge in [0.1, 0.15) is 11.9 Å². The Kier molecular flexibility index (Phi) is 4.25. The smallest absolute Gasteiger partial charge is 0.121 e. The second-order valence-corrected chi connectivity index (χ2v) is 3.38. The Morgan fingerprint density at radius 2 is 2.38 bits per heavy atom. The topological polar surface area (TPSA) is 38.7 Å². The van der Waals surface area contributed by atoms with Gasteiger partial charge >= 0.3 is 0 Å². The molecule has 3 heteroatoms. The number of rotatable bonds is 5. The Labute approximate surface area is 79.3 Å². The summed E-state index contributed by atoms with van der Waals surface area (Å²) < 4.78 is 10.3. The molecule has 1 aliphatic heterocycles. The summed E-state index contributed by atoms with van der Waals surface area (Å²) in [4.78, 5) is 0. The molecule has 0 aromatic rings. The fourth-order valence-electron chi connectivity index (χ4n) is 1.32. The molecule has 2 unspecified atom stereocenters. The fourth-order valence-corrected chi connectivity index (χ4v) is 1.32. The van der Waals surface area contributed by atoms with Crippen LogP contribution in [0.3, 0.4) is 0 Å². The zero-order chi connectivity index (χ0) is 9.68. The van der Waals surface area contributed by atoms with Crippen LogP contribution in [0.5, 0.6) is 0 Å². The molecule has 0 bridgehead atoms. The van der Waals surface area contributed by atoms with Crippen LogP contribution in [0.2, 0.25) is 0 Å². The third-order valence-corrected chi connectivity index (χ3v) is 2.31. The second kappa shape index (κ2) is 5.25. The second-order valence-electron chi connectivity index (χ2n) is 3.38. The summed E-state index contributed by atoms with van der Waals surface area (Å²) in [6.07, 6.45) is 4.21. The molecule has 0 fully saturated rings. The van der Waals surface area contributed by atoms with Gasteiger partial charge in [0.2, 0.25) is 0 Å². The average Bonchev–Trinajstić information content (AvgIpc) is 2.66. The Morgan fingerprint density at radius 3 is 2.92 bits per heavy atom. The lowest BCUT2D eigenvalue weighted by atomic mass is 10.1. The minimum Gasteiger partial charge on any atom is -0.495 e. The third-order valence-electron chi connectivity index (χ3n) is 2.31. The van der Waals surface area contributed by atoms with Crippen LogP contribution >= 0.6 is 0 Å². The first-order chi connectivity index (χ1) is 6.24. The lowest BCUT2D eigenvalue weighted by Crippen LogP contribution is -2.15. The lowest BCUT2D eigenvalue weighted by Gasteiger charge is -2.14. The van der Waals surface area contributed by atoms with Crippen LogP contribution in [0, 0.1) is 0 Å². The van der Waals surface area contributed by atoms with E-state index in [2.05, 4.69) is 0 Å². The Balaban J connectivity index is 2.20. The molecule has 0 aromatic heterocycles. The van der Waals surface area contributed by atoms with Gasteiger partial charge in [0, 0.05) is 13.5 Å². The molecule has 0 radical (unpaired) electrons. The van der Waals surface area contributed by atoms with Crippen LogP contribution in [0.15, 0.2) is 11.8 Å². The van der Waals surface area contributed by atoms with E-state index < -0.39 is 6.10 Å². The van der Waals surface area contributed by atoms with Crippen LogP contribution in [-0.4, -0.2) is 31.0 Å². The SMILES string of the molecule is COC(C)CCC(O)C1=CCCO1. The highest BCUT2D eigenvalue weighted by Gasteiger charge is 2.16. The van der Waals surface area contributed by atoms with Gasteiger partial charge in [-0.2, -0.15) is 0 Å². The molecule has 1 heterocycles. The van der Waals surface area contributed by atoms with Gasteiger partial charge in [-0.3, -0.25) is 0 Å². The number of ether oxygens (including phenoxy) is 2. The molecular formula is C10H18O3. The van der Waals surface area contributed by atoms with Crippen molar-refractivity contribution < 1.29 is 14.6 Å². The van der Waals surface area contributed by atoms with E-state index in [4.69, 9.17) is 9.47 Å². The molecule has 0 aromatic carbocycles. The van der Waals surface area contributed by atoms with Crippen molar-refractivity contribution in [2.45, 2.75) is 38.4 Å². The van der Waals surface area contributed by atoms with Crippen LogP contribution in [0.25, 0.3) is 0 Å². The van der Waals surface area contributed by atoms with Gasteiger partial charge in [-0.15, -0.1) is 0 Å². The van der Waals surface area contributed by atoms with Gasteiger partial charge in [0.05, 0.1) is 12.7 Å². The number of methoxy groups -OCH3 is 1. The molecule has 0 amide bonds. The molecule has 76 valence electrons. The Hall–Kier alpha value is -0.540. The van der Waals surface area contributed by atoms with Crippen LogP contribution in [0.1, 0.15) is 26.2 Å². The monoisotopic (exact) mass is 186 g/mol. The predicted octanol–water partition coefficient (Wildman–Crippen LogP) is 1.47. The van der Waals surface area contributed by atoms with Crippen molar-refractivity contribution in [2.75, 3.05) is 13.7 Å². The lowest BCUT2D eigenvalue weighted by molar-refractivity contribution is 0.0733. The number of aliphatic hydroxyl groups excluding tert-OH is 1. The van der Waals surface area contributed by atoms with Gasteiger partial charge in [-0.1, -0.05) is 0 Å². The maximum Gasteiger partial charge on any atom is 0.121 e. The zero-order valence-corrected chi connectivity index (χ0v) is 8.32. The van der Waals surface area contributed by atoms with Crippen LogP contribution < -0.4 is 0 Å². The maximum absolute atomic E-state index is 9.64. The van der Waals surface area contributed by atoms with Crippen molar-refractivity contribution in [1.29, 1.82) is 0 Å². The highest BCUT2D eigenvalue weighted by atomic mass is 16.5. The number of hydrogen-bond donors (Lipinski definition) is 1. The van der Waals surface area contributed by atoms with E-state index in [1.165, 1.54) is 0 Å². The summed E-state index contributed by atoms with van der Waals surface area (Å²) in [6, 6.07) is 0. The first-order valence-corrected chi connectivity index (χ1v) is 4.77. The zero-order valence-electron chi connectivity index (χ0n) is 8.32. The normalized spacial score (nSPS) is 20.7. The molecule has 3 nitrogen and oxygen atoms in total. The molecule has 0 saturated carbocycles. The quantitative estimate of drug-likeness (QED) is 0.706. The van der Waals surface area contributed by atoms with Gasteiger partial charge in [-0.05, 0) is 25.8 Å². The molecule has 0 aliphatic carbocycles. The summed E-state index contributed by atoms with van der Waals surface area (Å²) in [7, 11) is 1.68. The summed E-state index contributed by atoms with van der Waals surface area (Å²) in [5.41, 5.74) is 0. The molecule has 1 rings (SSSR count). The van der Waals surface area contributed by atoms with E-state index in [9.17, 15) is 5.11 Å². The molecular weight excluding hydrogens is 168 g/mol. The molecule has 2 atom stereocenters. The summed E-state index contributed by atoms with van der Waals surface area (Å²) in [6.45, 7) is 2.71. The summed E-state index contributed by atoms with van der Waals surface area (Å²) in [5.74, 6) is 0.739. The van der Waals surface area contributed by atoms with Crippen molar-refractivity contribution >= 4 is 0 Å². The summed E-state index contributed by atoms with van der Waals surface area (Å²) in [5, 5.41) is 9.64. The number of aliphatic hydroxyl groups is 1. The first kappa shape index (κ1) is 10.5. The third kappa shape index (κ3) is 3.36. The van der Waals surface area contributed by atoms with Gasteiger partial charge in [0.25, 0.3) is 0 Å². The molecule has 13 heavy (non-hydrogen) atoms. The van der Waals surface area contributed by atoms with Gasteiger partial charge in [-0.25, -0.2) is 0 Å². The van der Waals surface area contributed by atoms with E-state index in [0.29, 0.717) is 13.0 Å². The van der Waals surface area contributed by atoms with Crippen molar-refractivity contribution in [1.82, 2.24) is 0 Å². The standard InChI is InChI=1S/C10H18O3/c1-8(12-2)5-6-9(11)10-4-3-7-13-10/h4,8-9,11H,3,5-7H2,1-2H3. The minimum absolute atomic E-state index is 0.205. The summed E-state index contributed by atoms with van der Waals surface area (Å²) >= 11 is 0. The highest BCUT2D eigenvalue weighted by molar-refractivity contribution is 5.03. The number of hydrogen-bond acceptors (Lipinski definition) is 3. The Bertz CT molecular complexity index is 177. The first-order valence-electron chi connectivity index (χ1n) is 4.77. The fraction of sp³-hybridized carbons (Fsp3) is 0.800. The van der Waals surface area contributed by atoms with Gasteiger partial charge in [0.15, 0.2) is 0 Å². The highest BCUT2D eigenvalue weighted by Crippen LogP contribution is 2.17. The van der Waals surface area contributed by atoms with Gasteiger partial charge < -0.3 is 14.6 Å². The van der Waals surface area contributed by atoms with Crippen LogP contribution in [-0.2, 0) is 9.47 Å². The minimum atomic E-state index is -0.444. The maximum atomic E-state index is 9.64. The molecule has 1 N–H and O–H groups in total. The molecule has 0 saturated heterocycles. The van der Waals surface area contributed by atoms with Crippen molar-refractivity contribution in [3.63, 3.8) is 0 Å². The largest absolute Gasteiger partial charge is 0.495 e. The molecule has 0 spiro atoms. The van der Waals surface area contributed by atoms with Crippen molar-refractivity contribution in [3.8, 4) is 0 Å². The van der Waals surface area contributed by atoms with Crippen molar-refractivity contribution in [3.05, 3.63) is 11.8 Å². The van der Waals surface area contributed by atoms with E-state index in [1.807, 2.05) is 13.0 Å². The predicted molar refractivity (Wildman–Crippen MR) is 50.4 cm³/mol. The van der Waals surface area contributed by atoms with E-state index in [0.717, 1.165) is 18.6 Å². The van der Waals surface area contributed by atoms with Crippen molar-refractivity contribution in [2.24, 2.45) is 0 Å². The van der Waals surface area contributed by atoms with Crippen LogP contribution in [0.4, 0.5) is 0 Å². The van der Waals surface area contributed by atoms with E-state index >= 15 is 0 Å². The van der Waals surface area contributed by atoms with E-state index in [-0.39, 0.29) is 6.10 Å². The average molecular weight is 186 g/mol. The van der Waals surface area contributed by atoms with E-state index in [1.54, 1.807) is 7.11 Å². The Morgan fingerprint density at radius 1 is 1.62 bits per heavy atom. The molecule has 1 aliphatic rings.